The number of nitrogens with one attached hydrogen (secondary N) is 1. The second-order valence-corrected chi connectivity index (χ2v) is 2.50. The number of ether oxygens (including phenoxy) is 1. The molecule has 1 aromatic rings. The molecular formula is C8H12N2O3. The predicted octanol–water partition coefficient (Wildman–Crippen LogP) is 0.687. The van der Waals surface area contributed by atoms with Crippen molar-refractivity contribution in [3.05, 3.63) is 17.7 Å². The smallest absolute Gasteiger partial charge is 0.353 e. The molecule has 1 aromatic heterocycles. The minimum Gasteiger partial charge on any atom is -0.477 e. The van der Waals surface area contributed by atoms with Gasteiger partial charge in [-0.05, 0) is 6.92 Å². The molecule has 5 heteroatoms. The Balaban J connectivity index is 2.44. The molecule has 0 atom stereocenters. The SMILES string of the molecule is CCOCCc1ncc(C(=O)O)[nH]1. The number of aromatic carboxylic acids is 1. The minimum atomic E-state index is -0.991. The molecule has 2 N–H and O–H groups in total. The molecule has 0 saturated carbocycles. The second-order valence-electron chi connectivity index (χ2n) is 2.50. The van der Waals surface area contributed by atoms with E-state index in [1.54, 1.807) is 0 Å². The number of carboxylic acid groups (broad SMARTS) is 1. The van der Waals surface area contributed by atoms with Crippen LogP contribution in [0.25, 0.3) is 0 Å². The number of rotatable bonds is 5. The summed E-state index contributed by atoms with van der Waals surface area (Å²) < 4.78 is 5.10. The van der Waals surface area contributed by atoms with Crippen molar-refractivity contribution >= 4 is 5.97 Å². The van der Waals surface area contributed by atoms with Crippen molar-refractivity contribution in [3.63, 3.8) is 0 Å². The van der Waals surface area contributed by atoms with Gasteiger partial charge in [-0.3, -0.25) is 0 Å². The number of H-pyrrole nitrogens is 1. The summed E-state index contributed by atoms with van der Waals surface area (Å²) >= 11 is 0. The maximum Gasteiger partial charge on any atom is 0.353 e. The highest BCUT2D eigenvalue weighted by molar-refractivity contribution is 5.84. The van der Waals surface area contributed by atoms with E-state index in [4.69, 9.17) is 9.84 Å². The van der Waals surface area contributed by atoms with E-state index in [2.05, 4.69) is 9.97 Å². The van der Waals surface area contributed by atoms with Crippen LogP contribution >= 0.6 is 0 Å². The van der Waals surface area contributed by atoms with Gasteiger partial charge in [-0.1, -0.05) is 0 Å². The van der Waals surface area contributed by atoms with E-state index in [9.17, 15) is 4.79 Å². The van der Waals surface area contributed by atoms with E-state index in [1.807, 2.05) is 6.92 Å². The van der Waals surface area contributed by atoms with Gasteiger partial charge in [-0.15, -0.1) is 0 Å². The fraction of sp³-hybridized carbons (Fsp3) is 0.500. The number of hydrogen-bond acceptors (Lipinski definition) is 3. The van der Waals surface area contributed by atoms with E-state index in [0.717, 1.165) is 0 Å². The van der Waals surface area contributed by atoms with Crippen LogP contribution in [0.15, 0.2) is 6.20 Å². The van der Waals surface area contributed by atoms with Crippen LogP contribution in [0, 0.1) is 0 Å². The van der Waals surface area contributed by atoms with Crippen LogP contribution in [0.1, 0.15) is 23.2 Å². The summed E-state index contributed by atoms with van der Waals surface area (Å²) in [5.74, 6) is -0.346. The van der Waals surface area contributed by atoms with Crippen LogP contribution in [-0.2, 0) is 11.2 Å². The summed E-state index contributed by atoms with van der Waals surface area (Å²) in [6.07, 6.45) is 1.92. The maximum absolute atomic E-state index is 10.4. The summed E-state index contributed by atoms with van der Waals surface area (Å²) in [4.78, 5) is 17.0. The lowest BCUT2D eigenvalue weighted by Crippen LogP contribution is -2.01. The highest BCUT2D eigenvalue weighted by Gasteiger charge is 2.06. The molecule has 0 amide bonds. The van der Waals surface area contributed by atoms with Gasteiger partial charge < -0.3 is 14.8 Å². The summed E-state index contributed by atoms with van der Waals surface area (Å²) in [5.41, 5.74) is 0.117. The Morgan fingerprint density at radius 2 is 2.54 bits per heavy atom. The normalized spacial score (nSPS) is 10.2. The van der Waals surface area contributed by atoms with Gasteiger partial charge in [0.2, 0.25) is 0 Å². The van der Waals surface area contributed by atoms with Crippen molar-refractivity contribution in [1.82, 2.24) is 9.97 Å². The first-order chi connectivity index (χ1) is 6.24. The first-order valence-electron chi connectivity index (χ1n) is 4.09. The number of carbonyl (C=O) groups is 1. The first kappa shape index (κ1) is 9.73. The number of aromatic amines is 1. The van der Waals surface area contributed by atoms with Gasteiger partial charge >= 0.3 is 5.97 Å². The molecule has 0 fully saturated rings. The quantitative estimate of drug-likeness (QED) is 0.660. The number of carboxylic acids is 1. The summed E-state index contributed by atoms with van der Waals surface area (Å²) in [7, 11) is 0. The van der Waals surface area contributed by atoms with Crippen LogP contribution in [0.4, 0.5) is 0 Å². The fourth-order valence-corrected chi connectivity index (χ4v) is 0.911. The van der Waals surface area contributed by atoms with Gasteiger partial charge in [0.05, 0.1) is 12.8 Å². The summed E-state index contributed by atoms with van der Waals surface area (Å²) in [6.45, 7) is 3.13. The molecule has 0 saturated heterocycles. The average molecular weight is 184 g/mol. The van der Waals surface area contributed by atoms with Crippen LogP contribution in [0.5, 0.6) is 0 Å². The first-order valence-corrected chi connectivity index (χ1v) is 4.09. The number of imidazole rings is 1. The summed E-state index contributed by atoms with van der Waals surface area (Å²) in [6, 6.07) is 0. The van der Waals surface area contributed by atoms with Crippen molar-refractivity contribution in [2.24, 2.45) is 0 Å². The van der Waals surface area contributed by atoms with E-state index in [1.165, 1.54) is 6.20 Å². The molecule has 0 aliphatic heterocycles. The van der Waals surface area contributed by atoms with Crippen molar-refractivity contribution in [1.29, 1.82) is 0 Å². The molecular weight excluding hydrogens is 172 g/mol. The highest BCUT2D eigenvalue weighted by Crippen LogP contribution is 1.97. The number of aromatic nitrogens is 2. The minimum absolute atomic E-state index is 0.117. The second kappa shape index (κ2) is 4.61. The standard InChI is InChI=1S/C8H12N2O3/c1-2-13-4-3-7-9-5-6(10-7)8(11)12/h5H,2-4H2,1H3,(H,9,10)(H,11,12). The van der Waals surface area contributed by atoms with Gasteiger partial charge in [0.1, 0.15) is 11.5 Å². The monoisotopic (exact) mass is 184 g/mol. The topological polar surface area (TPSA) is 75.2 Å². The highest BCUT2D eigenvalue weighted by atomic mass is 16.5. The van der Waals surface area contributed by atoms with E-state index in [0.29, 0.717) is 25.5 Å². The van der Waals surface area contributed by atoms with Gasteiger partial charge in [0.25, 0.3) is 0 Å². The third-order valence-corrected chi connectivity index (χ3v) is 1.55. The lowest BCUT2D eigenvalue weighted by atomic mass is 10.4. The third-order valence-electron chi connectivity index (χ3n) is 1.55. The molecule has 0 unspecified atom stereocenters. The van der Waals surface area contributed by atoms with E-state index >= 15 is 0 Å². The Kier molecular flexibility index (Phi) is 3.45. The largest absolute Gasteiger partial charge is 0.477 e. The zero-order chi connectivity index (χ0) is 9.68. The molecule has 1 heterocycles. The van der Waals surface area contributed by atoms with Crippen molar-refractivity contribution < 1.29 is 14.6 Å². The maximum atomic E-state index is 10.4. The Hall–Kier alpha value is -1.36. The van der Waals surface area contributed by atoms with Crippen LogP contribution in [0.2, 0.25) is 0 Å². The van der Waals surface area contributed by atoms with Crippen LogP contribution < -0.4 is 0 Å². The van der Waals surface area contributed by atoms with Crippen molar-refractivity contribution in [2.45, 2.75) is 13.3 Å². The van der Waals surface area contributed by atoms with Crippen LogP contribution in [0.3, 0.4) is 0 Å². The predicted molar refractivity (Wildman–Crippen MR) is 45.7 cm³/mol. The van der Waals surface area contributed by atoms with Gasteiger partial charge in [0, 0.05) is 13.0 Å². The zero-order valence-corrected chi connectivity index (χ0v) is 7.41. The Morgan fingerprint density at radius 1 is 1.77 bits per heavy atom. The lowest BCUT2D eigenvalue weighted by Gasteiger charge is -1.96. The lowest BCUT2D eigenvalue weighted by molar-refractivity contribution is 0.0690. The molecule has 0 aliphatic rings. The molecule has 1 rings (SSSR count). The molecule has 0 spiro atoms. The van der Waals surface area contributed by atoms with Crippen molar-refractivity contribution in [3.8, 4) is 0 Å². The molecule has 0 aliphatic carbocycles. The molecule has 0 radical (unpaired) electrons. The average Bonchev–Trinajstić information content (AvgIpc) is 2.53. The molecule has 13 heavy (non-hydrogen) atoms. The van der Waals surface area contributed by atoms with Gasteiger partial charge in [0.15, 0.2) is 0 Å². The van der Waals surface area contributed by atoms with Gasteiger partial charge in [-0.25, -0.2) is 9.78 Å². The third kappa shape index (κ3) is 2.87. The Labute approximate surface area is 75.8 Å². The van der Waals surface area contributed by atoms with Gasteiger partial charge in [-0.2, -0.15) is 0 Å². The molecule has 5 nitrogen and oxygen atoms in total. The van der Waals surface area contributed by atoms with E-state index in [-0.39, 0.29) is 5.69 Å². The number of hydrogen-bond donors (Lipinski definition) is 2. The molecule has 0 aromatic carbocycles. The number of nitrogens with zero attached hydrogens (tertiary/aromatic N) is 1. The Morgan fingerprint density at radius 3 is 3.08 bits per heavy atom. The zero-order valence-electron chi connectivity index (χ0n) is 7.41. The van der Waals surface area contributed by atoms with Crippen LogP contribution in [-0.4, -0.2) is 34.3 Å². The summed E-state index contributed by atoms with van der Waals surface area (Å²) in [5, 5.41) is 8.57. The Bertz CT molecular complexity index is 283. The van der Waals surface area contributed by atoms with Crippen molar-refractivity contribution in [2.75, 3.05) is 13.2 Å². The fourth-order valence-electron chi connectivity index (χ4n) is 0.911. The molecule has 72 valence electrons. The van der Waals surface area contributed by atoms with E-state index < -0.39 is 5.97 Å². The molecule has 0 bridgehead atoms.